The number of carbonyl (C=O) groups is 1. The van der Waals surface area contributed by atoms with E-state index in [-0.39, 0.29) is 18.0 Å². The largest absolute Gasteiger partial charge is 0.469 e. The molecule has 0 atom stereocenters. The van der Waals surface area contributed by atoms with Crippen molar-refractivity contribution >= 4 is 17.7 Å². The van der Waals surface area contributed by atoms with Gasteiger partial charge in [0.05, 0.1) is 13.5 Å². The van der Waals surface area contributed by atoms with Gasteiger partial charge in [0.25, 0.3) is 0 Å². The second-order valence-electron chi connectivity index (χ2n) is 5.41. The molecule has 1 saturated carbocycles. The van der Waals surface area contributed by atoms with Crippen LogP contribution in [0.3, 0.4) is 0 Å². The summed E-state index contributed by atoms with van der Waals surface area (Å²) in [4.78, 5) is 11.4. The molecule has 0 aliphatic heterocycles. The first kappa shape index (κ1) is 15.9. The van der Waals surface area contributed by atoms with Gasteiger partial charge in [-0.1, -0.05) is 24.0 Å². The number of hydrogen-bond donors (Lipinski definition) is 1. The lowest BCUT2D eigenvalue weighted by molar-refractivity contribution is -0.141. The van der Waals surface area contributed by atoms with Crippen LogP contribution in [-0.2, 0) is 15.3 Å². The van der Waals surface area contributed by atoms with Gasteiger partial charge in [0, 0.05) is 11.3 Å². The van der Waals surface area contributed by atoms with Crippen molar-refractivity contribution in [3.63, 3.8) is 0 Å². The molecule has 0 heterocycles. The predicted octanol–water partition coefficient (Wildman–Crippen LogP) is 2.61. The van der Waals surface area contributed by atoms with Crippen LogP contribution in [0, 0.1) is 17.3 Å². The van der Waals surface area contributed by atoms with Crippen LogP contribution in [0.2, 0.25) is 0 Å². The zero-order chi connectivity index (χ0) is 15.1. The summed E-state index contributed by atoms with van der Waals surface area (Å²) in [6.45, 7) is -0.116. The number of carbonyl (C=O) groups excluding carboxylic acids is 1. The molecule has 1 aliphatic carbocycles. The van der Waals surface area contributed by atoms with Crippen molar-refractivity contribution < 1.29 is 14.6 Å². The molecule has 4 heteroatoms. The molecular formula is C17H20O3S. The summed E-state index contributed by atoms with van der Waals surface area (Å²) in [7, 11) is 1.45. The van der Waals surface area contributed by atoms with Crippen LogP contribution in [0.25, 0.3) is 0 Å². The fourth-order valence-corrected chi connectivity index (χ4v) is 3.53. The normalized spacial score (nSPS) is 15.0. The van der Waals surface area contributed by atoms with E-state index in [4.69, 9.17) is 9.84 Å². The summed E-state index contributed by atoms with van der Waals surface area (Å²) in [5.41, 5.74) is 2.32. The monoisotopic (exact) mass is 304 g/mol. The molecule has 2 rings (SSSR count). The number of benzene rings is 1. The van der Waals surface area contributed by atoms with E-state index in [1.54, 1.807) is 0 Å². The Balaban J connectivity index is 1.82. The van der Waals surface area contributed by atoms with Crippen molar-refractivity contribution in [2.24, 2.45) is 5.41 Å². The Bertz CT molecular complexity index is 553. The fraction of sp³-hybridized carbons (Fsp3) is 0.471. The molecule has 3 nitrogen and oxygen atoms in total. The highest BCUT2D eigenvalue weighted by Gasteiger charge is 2.44. The number of esters is 1. The van der Waals surface area contributed by atoms with Gasteiger partial charge >= 0.3 is 5.97 Å². The molecule has 112 valence electrons. The highest BCUT2D eigenvalue weighted by molar-refractivity contribution is 7.98. The smallest absolute Gasteiger partial charge is 0.306 e. The van der Waals surface area contributed by atoms with Crippen LogP contribution in [0.15, 0.2) is 24.3 Å². The second-order valence-corrected chi connectivity index (χ2v) is 6.39. The lowest BCUT2D eigenvalue weighted by atomic mass is 10.1. The summed E-state index contributed by atoms with van der Waals surface area (Å²) < 4.78 is 4.76. The van der Waals surface area contributed by atoms with Crippen molar-refractivity contribution in [1.82, 2.24) is 0 Å². The maximum absolute atomic E-state index is 11.4. The standard InChI is InChI=1S/C17H20O3S/c1-20-16(19)11-17(7-8-17)13-21-12-15-5-2-4-14(10-15)6-3-9-18/h2,4-5,10,18H,7-9,11-13H2,1H3. The van der Waals surface area contributed by atoms with Gasteiger partial charge in [0.15, 0.2) is 0 Å². The van der Waals surface area contributed by atoms with E-state index in [2.05, 4.69) is 24.0 Å². The molecule has 1 N–H and O–H groups in total. The Hall–Kier alpha value is -1.44. The van der Waals surface area contributed by atoms with E-state index < -0.39 is 0 Å². The first-order valence-electron chi connectivity index (χ1n) is 7.01. The van der Waals surface area contributed by atoms with E-state index in [0.29, 0.717) is 6.42 Å². The number of hydrogen-bond acceptors (Lipinski definition) is 4. The highest BCUT2D eigenvalue weighted by Crippen LogP contribution is 2.51. The molecule has 21 heavy (non-hydrogen) atoms. The van der Waals surface area contributed by atoms with E-state index in [1.807, 2.05) is 23.9 Å². The van der Waals surface area contributed by atoms with Crippen LogP contribution in [0.1, 0.15) is 30.4 Å². The van der Waals surface area contributed by atoms with E-state index in [0.717, 1.165) is 29.9 Å². The van der Waals surface area contributed by atoms with Gasteiger partial charge in [-0.15, -0.1) is 0 Å². The number of aliphatic hydroxyl groups excluding tert-OH is 1. The molecule has 0 amide bonds. The SMILES string of the molecule is COC(=O)CC1(CSCc2cccc(C#CCO)c2)CC1. The molecule has 0 radical (unpaired) electrons. The molecular weight excluding hydrogens is 284 g/mol. The zero-order valence-corrected chi connectivity index (χ0v) is 13.0. The topological polar surface area (TPSA) is 46.5 Å². The molecule has 1 fully saturated rings. The van der Waals surface area contributed by atoms with E-state index in [9.17, 15) is 4.79 Å². The number of rotatable bonds is 6. The fourth-order valence-electron chi connectivity index (χ4n) is 2.19. The Labute approximate surface area is 130 Å². The number of thioether (sulfide) groups is 1. The van der Waals surface area contributed by atoms with Gasteiger partial charge < -0.3 is 9.84 Å². The minimum absolute atomic E-state index is 0.102. The Morgan fingerprint density at radius 3 is 2.95 bits per heavy atom. The maximum Gasteiger partial charge on any atom is 0.306 e. The summed E-state index contributed by atoms with van der Waals surface area (Å²) in [5, 5.41) is 8.71. The van der Waals surface area contributed by atoms with Crippen molar-refractivity contribution in [3.8, 4) is 11.8 Å². The van der Waals surface area contributed by atoms with E-state index >= 15 is 0 Å². The lowest BCUT2D eigenvalue weighted by Gasteiger charge is -2.13. The van der Waals surface area contributed by atoms with Crippen molar-refractivity contribution in [2.75, 3.05) is 19.5 Å². The molecule has 1 aromatic rings. The Morgan fingerprint density at radius 1 is 1.48 bits per heavy atom. The summed E-state index contributed by atoms with van der Waals surface area (Å²) in [5.74, 6) is 7.38. The highest BCUT2D eigenvalue weighted by atomic mass is 32.2. The molecule has 1 aliphatic rings. The molecule has 0 unspecified atom stereocenters. The summed E-state index contributed by atoms with van der Waals surface area (Å²) in [6, 6.07) is 8.06. The van der Waals surface area contributed by atoms with Crippen LogP contribution >= 0.6 is 11.8 Å². The van der Waals surface area contributed by atoms with Gasteiger partial charge in [0.2, 0.25) is 0 Å². The third kappa shape index (κ3) is 5.11. The third-order valence-corrected chi connectivity index (χ3v) is 4.97. The maximum atomic E-state index is 11.4. The lowest BCUT2D eigenvalue weighted by Crippen LogP contribution is -2.13. The number of methoxy groups -OCH3 is 1. The molecule has 0 bridgehead atoms. The minimum atomic E-state index is -0.116. The van der Waals surface area contributed by atoms with Gasteiger partial charge in [-0.05, 0) is 41.7 Å². The van der Waals surface area contributed by atoms with Crippen molar-refractivity contribution in [3.05, 3.63) is 35.4 Å². The first-order valence-corrected chi connectivity index (χ1v) is 8.16. The third-order valence-electron chi connectivity index (χ3n) is 3.62. The second kappa shape index (κ2) is 7.53. The summed E-state index contributed by atoms with van der Waals surface area (Å²) >= 11 is 1.86. The van der Waals surface area contributed by atoms with Gasteiger partial charge in [0.1, 0.15) is 6.61 Å². The first-order chi connectivity index (χ1) is 10.2. The van der Waals surface area contributed by atoms with Crippen LogP contribution in [-0.4, -0.2) is 30.5 Å². The number of ether oxygens (including phenoxy) is 1. The zero-order valence-electron chi connectivity index (χ0n) is 12.2. The van der Waals surface area contributed by atoms with Crippen LogP contribution in [0.5, 0.6) is 0 Å². The Kier molecular flexibility index (Phi) is 5.72. The Morgan fingerprint density at radius 2 is 2.29 bits per heavy atom. The molecule has 0 spiro atoms. The van der Waals surface area contributed by atoms with E-state index in [1.165, 1.54) is 12.7 Å². The predicted molar refractivity (Wildman–Crippen MR) is 84.9 cm³/mol. The molecule has 0 saturated heterocycles. The van der Waals surface area contributed by atoms with Gasteiger partial charge in [-0.2, -0.15) is 11.8 Å². The number of aliphatic hydroxyl groups is 1. The van der Waals surface area contributed by atoms with Crippen molar-refractivity contribution in [1.29, 1.82) is 0 Å². The van der Waals surface area contributed by atoms with Crippen molar-refractivity contribution in [2.45, 2.75) is 25.0 Å². The average molecular weight is 304 g/mol. The summed E-state index contributed by atoms with van der Waals surface area (Å²) in [6.07, 6.45) is 2.78. The molecule has 0 aromatic heterocycles. The van der Waals surface area contributed by atoms with Gasteiger partial charge in [-0.25, -0.2) is 0 Å². The average Bonchev–Trinajstić information content (AvgIpc) is 3.25. The molecule has 1 aromatic carbocycles. The minimum Gasteiger partial charge on any atom is -0.469 e. The van der Waals surface area contributed by atoms with Gasteiger partial charge in [-0.3, -0.25) is 4.79 Å². The quantitative estimate of drug-likeness (QED) is 0.648. The van der Waals surface area contributed by atoms with Crippen LogP contribution in [0.4, 0.5) is 0 Å². The van der Waals surface area contributed by atoms with Crippen LogP contribution < -0.4 is 0 Å².